The van der Waals surface area contributed by atoms with Crippen molar-refractivity contribution < 1.29 is 8.22 Å². The van der Waals surface area contributed by atoms with Crippen LogP contribution in [-0.2, 0) is 0 Å². The molecule has 136 heavy (non-hydrogen) atoms. The maximum absolute atomic E-state index is 11.3. The van der Waals surface area contributed by atoms with Crippen LogP contribution in [0.25, 0.3) is 244 Å². The number of benzene rings is 19. The highest BCUT2D eigenvalue weighted by Crippen LogP contribution is 2.47. The average Bonchev–Trinajstić information content (AvgIpc) is 1.54. The van der Waals surface area contributed by atoms with Crippen molar-refractivity contribution in [3.63, 3.8) is 0 Å². The van der Waals surface area contributed by atoms with E-state index in [1.807, 2.05) is 264 Å². The second-order valence-corrected chi connectivity index (χ2v) is 33.7. The summed E-state index contributed by atoms with van der Waals surface area (Å²) in [7, 11) is 0. The fraction of sp³-hybridized carbons (Fsp3) is 0. The molecule has 0 aliphatic rings. The zero-order valence-electron chi connectivity index (χ0n) is 78.5. The molecule has 27 rings (SSSR count). The number of rotatable bonds is 13. The average molecular weight is 1740 g/mol. The molecule has 8 aromatic heterocycles. The predicted octanol–water partition coefficient (Wildman–Crippen LogP) is 29.7. The molecule has 0 aliphatic heterocycles. The fourth-order valence-electron chi connectivity index (χ4n) is 20.2. The minimum absolute atomic E-state index is 0.0195. The van der Waals surface area contributed by atoms with Gasteiger partial charge in [0.05, 0.1) is 96.9 Å². The van der Waals surface area contributed by atoms with Crippen LogP contribution in [0.15, 0.2) is 449 Å². The van der Waals surface area contributed by atoms with Gasteiger partial charge in [-0.2, -0.15) is 10.5 Å². The summed E-state index contributed by atoms with van der Waals surface area (Å²) >= 11 is 0. The molecule has 0 unspecified atom stereocenters. The van der Waals surface area contributed by atoms with Gasteiger partial charge in [0.1, 0.15) is 12.1 Å². The van der Waals surface area contributed by atoms with Gasteiger partial charge < -0.3 is 27.4 Å². The van der Waals surface area contributed by atoms with Gasteiger partial charge in [0.15, 0.2) is 34.9 Å². The zero-order valence-corrected chi connectivity index (χ0v) is 72.5. The molecule has 0 N–H and O–H groups in total. The van der Waals surface area contributed by atoms with Gasteiger partial charge in [0, 0.05) is 121 Å². The van der Waals surface area contributed by atoms with E-state index >= 15 is 0 Å². The summed E-state index contributed by atoms with van der Waals surface area (Å²) in [6.07, 6.45) is 0. The van der Waals surface area contributed by atoms with Gasteiger partial charge in [-0.25, -0.2) is 29.9 Å². The Balaban J connectivity index is 0.000000146. The lowest BCUT2D eigenvalue weighted by atomic mass is 10.0. The first-order valence-electron chi connectivity index (χ1n) is 48.0. The molecule has 0 fully saturated rings. The van der Waals surface area contributed by atoms with E-state index in [4.69, 9.17) is 29.9 Å². The molecular formula is C122H74N14. The molecule has 0 spiro atoms. The highest BCUT2D eigenvalue weighted by molar-refractivity contribution is 6.28. The Kier molecular flexibility index (Phi) is 16.9. The third-order valence-electron chi connectivity index (χ3n) is 26.1. The van der Waals surface area contributed by atoms with Gasteiger partial charge >= 0.3 is 0 Å². The molecule has 8 heterocycles. The van der Waals surface area contributed by atoms with E-state index in [2.05, 4.69) is 188 Å². The molecule has 0 radical (unpaired) electrons. The van der Waals surface area contributed by atoms with Crippen molar-refractivity contribution in [3.05, 3.63) is 460 Å². The van der Waals surface area contributed by atoms with Crippen LogP contribution >= 0.6 is 0 Å². The largest absolute Gasteiger partial charge is 0.309 e. The Bertz CT molecular complexity index is 10000. The van der Waals surface area contributed by atoms with Crippen molar-refractivity contribution in [3.8, 4) is 126 Å². The van der Waals surface area contributed by atoms with E-state index in [1.54, 1.807) is 0 Å². The first-order valence-corrected chi connectivity index (χ1v) is 45.0. The molecule has 14 heteroatoms. The molecule has 0 aliphatic carbocycles. The number of hydrogen-bond donors (Lipinski definition) is 0. The van der Waals surface area contributed by atoms with Gasteiger partial charge in [-0.05, 0) is 181 Å². The van der Waals surface area contributed by atoms with Gasteiger partial charge in [-0.3, -0.25) is 0 Å². The van der Waals surface area contributed by atoms with Crippen LogP contribution in [0.4, 0.5) is 0 Å². The normalized spacial score (nSPS) is 12.3. The standard InChI is InChI=1S/C64H39N7.C58H35N7/c65-40-46-38-44(32-35-54(46)71-56-26-14-10-22-49(56)51-34-37-59-60(61(51)71)52-24-12-15-27-57(52)70(59)48-20-8-3-9-21-48)63-66-62(43-30-28-42(29-31-43)41-16-4-1-5-17-41)67-64(68-63)45-33-36-58-53(39-45)50-23-11-13-25-55(50)69(58)47-18-6-2-7-19-47;59-36-40-34-38(28-31-48(40)65-50-26-14-10-22-43(50)45-30-33-53-54(55(45)65)46-24-12-15-27-51(46)64(53)42-20-8-3-9-21-42)57-60-56(37-16-4-1-5-17-37)61-58(62-57)39-29-32-52-47(35-39)44-23-11-13-25-49(44)63(52)41-18-6-2-7-19-41/h1-39H;1-35H/i32D,35D,38D;28D,31D,34D. The van der Waals surface area contributed by atoms with Crippen molar-refractivity contribution in [1.29, 1.82) is 10.5 Å². The number of nitriles is 2. The Labute approximate surface area is 787 Å². The topological polar surface area (TPSA) is 154 Å². The highest BCUT2D eigenvalue weighted by Gasteiger charge is 2.28. The lowest BCUT2D eigenvalue weighted by Gasteiger charge is -2.13. The van der Waals surface area contributed by atoms with Gasteiger partial charge in [-0.15, -0.1) is 0 Å². The summed E-state index contributed by atoms with van der Waals surface area (Å²) in [5.74, 6) is 1.37. The molecule has 14 nitrogen and oxygen atoms in total. The second kappa shape index (κ2) is 32.0. The third-order valence-corrected chi connectivity index (χ3v) is 26.1. The Morgan fingerprint density at radius 2 is 0.434 bits per heavy atom. The number of para-hydroxylation sites is 10. The summed E-state index contributed by atoms with van der Waals surface area (Å²) in [5.41, 5.74) is 20.2. The van der Waals surface area contributed by atoms with Crippen molar-refractivity contribution in [2.45, 2.75) is 0 Å². The minimum atomic E-state index is -0.280. The molecule has 0 bridgehead atoms. The summed E-state index contributed by atoms with van der Waals surface area (Å²) in [4.78, 5) is 30.2. The van der Waals surface area contributed by atoms with Gasteiger partial charge in [0.25, 0.3) is 0 Å². The SMILES string of the molecule is [2H]c1c([2H])c(-n2c3ccccc3c3ccc4c(c5ccccc5n4-c4ccccc4)c32)c(C#N)c([2H])c1-c1nc(-c2ccc(-c3ccccc3)cc2)nc(-c2ccc3c(c2)c2ccccc2n3-c2ccccc2)n1.[2H]c1c([2H])c(-n2c3ccccc3c3ccc4c(c5ccccc5n4-c4ccccc4)c32)c(C#N)c([2H])c1-c1nc(-c2ccccc2)nc(-c2ccc3c(c2)c2ccccc2n3-c2ccccc2)n1. The number of hydrogen-bond acceptors (Lipinski definition) is 8. The van der Waals surface area contributed by atoms with Crippen LogP contribution < -0.4 is 0 Å². The van der Waals surface area contributed by atoms with Gasteiger partial charge in [0.2, 0.25) is 0 Å². The van der Waals surface area contributed by atoms with E-state index in [1.165, 1.54) is 0 Å². The molecular weight excluding hydrogens is 1660 g/mol. The van der Waals surface area contributed by atoms with Crippen molar-refractivity contribution in [2.75, 3.05) is 0 Å². The Hall–Kier alpha value is -19.0. The summed E-state index contributed by atoms with van der Waals surface area (Å²) in [5, 5.41) is 34.2. The van der Waals surface area contributed by atoms with Crippen LogP contribution in [0.2, 0.25) is 0 Å². The van der Waals surface area contributed by atoms with E-state index in [9.17, 15) is 18.7 Å². The van der Waals surface area contributed by atoms with Crippen molar-refractivity contribution in [1.82, 2.24) is 57.3 Å². The Morgan fingerprint density at radius 1 is 0.191 bits per heavy atom. The smallest absolute Gasteiger partial charge is 0.164 e. The lowest BCUT2D eigenvalue weighted by molar-refractivity contribution is 1.07. The van der Waals surface area contributed by atoms with E-state index in [0.29, 0.717) is 45.6 Å². The van der Waals surface area contributed by atoms with Crippen molar-refractivity contribution in [2.24, 2.45) is 0 Å². The quantitative estimate of drug-likeness (QED) is 0.111. The first kappa shape index (κ1) is 71.9. The summed E-state index contributed by atoms with van der Waals surface area (Å²) < 4.78 is 72.4. The van der Waals surface area contributed by atoms with Crippen LogP contribution in [0.5, 0.6) is 0 Å². The van der Waals surface area contributed by atoms with Crippen molar-refractivity contribution >= 4 is 131 Å². The van der Waals surface area contributed by atoms with Crippen LogP contribution in [0, 0.1) is 22.7 Å². The van der Waals surface area contributed by atoms with E-state index < -0.39 is 0 Å². The maximum Gasteiger partial charge on any atom is 0.164 e. The van der Waals surface area contributed by atoms with Crippen LogP contribution in [-0.4, -0.2) is 57.3 Å². The molecule has 0 atom stereocenters. The zero-order chi connectivity index (χ0) is 95.2. The molecule has 632 valence electrons. The monoisotopic (exact) mass is 1740 g/mol. The molecule has 19 aromatic carbocycles. The Morgan fingerprint density at radius 3 is 0.794 bits per heavy atom. The summed E-state index contributed by atoms with van der Waals surface area (Å²) in [6, 6.07) is 141. The molecule has 0 amide bonds. The second-order valence-electron chi connectivity index (χ2n) is 33.7. The maximum atomic E-state index is 11.3. The molecule has 0 saturated carbocycles. The number of fused-ring (bicyclic) bond motifs is 20. The highest BCUT2D eigenvalue weighted by atomic mass is 15.1. The van der Waals surface area contributed by atoms with E-state index in [-0.39, 0.29) is 81.5 Å². The fourth-order valence-corrected chi connectivity index (χ4v) is 20.2. The number of aromatic nitrogens is 12. The molecule has 27 aromatic rings. The van der Waals surface area contributed by atoms with E-state index in [0.717, 1.165) is 165 Å². The number of nitrogens with zero attached hydrogens (tertiary/aromatic N) is 14. The molecule has 0 saturated heterocycles. The van der Waals surface area contributed by atoms with Crippen LogP contribution in [0.3, 0.4) is 0 Å². The van der Waals surface area contributed by atoms with Gasteiger partial charge in [-0.1, -0.05) is 279 Å². The predicted molar refractivity (Wildman–Crippen MR) is 553 cm³/mol. The summed E-state index contributed by atoms with van der Waals surface area (Å²) in [6.45, 7) is 0. The lowest BCUT2D eigenvalue weighted by Crippen LogP contribution is -2.02. The first-order chi connectivity index (χ1) is 69.9. The minimum Gasteiger partial charge on any atom is -0.309 e. The third kappa shape index (κ3) is 12.7. The van der Waals surface area contributed by atoms with Crippen LogP contribution in [0.1, 0.15) is 19.4 Å².